The Kier molecular flexibility index (Phi) is 7.36. The lowest BCUT2D eigenvalue weighted by Gasteiger charge is -2.26. The number of benzene rings is 4. The predicted octanol–water partition coefficient (Wildman–Crippen LogP) is 7.05. The fraction of sp³-hybridized carbons (Fsp3) is 0.194. The average molecular weight is 434 g/mol. The molecule has 4 rings (SSSR count). The van der Waals surface area contributed by atoms with Crippen molar-refractivity contribution in [1.29, 1.82) is 0 Å². The smallest absolute Gasteiger partial charge is 0.224 e. The molecule has 2 heteroatoms. The number of carbonyl (C=O) groups excluding carboxylic acids is 1. The summed E-state index contributed by atoms with van der Waals surface area (Å²) in [4.78, 5) is 15.8. The first-order valence-electron chi connectivity index (χ1n) is 11.6. The van der Waals surface area contributed by atoms with Gasteiger partial charge in [0.25, 0.3) is 0 Å². The lowest BCUT2D eigenvalue weighted by molar-refractivity contribution is -0.132. The highest BCUT2D eigenvalue weighted by Crippen LogP contribution is 2.30. The van der Waals surface area contributed by atoms with Gasteiger partial charge in [0, 0.05) is 25.4 Å². The molecule has 0 saturated heterocycles. The third kappa shape index (κ3) is 6.20. The second-order valence-electron chi connectivity index (χ2n) is 8.80. The Morgan fingerprint density at radius 3 is 1.39 bits per heavy atom. The zero-order chi connectivity index (χ0) is 23.0. The van der Waals surface area contributed by atoms with Gasteiger partial charge in [0.15, 0.2) is 0 Å². The molecule has 0 aliphatic rings. The minimum absolute atomic E-state index is 0.0211. The number of nitrogens with zero attached hydrogens (tertiary/aromatic N) is 1. The number of aryl methyl sites for hydroxylation is 2. The van der Waals surface area contributed by atoms with Crippen LogP contribution >= 0.6 is 0 Å². The van der Waals surface area contributed by atoms with Crippen LogP contribution in [0.15, 0.2) is 109 Å². The monoisotopic (exact) mass is 433 g/mol. The van der Waals surface area contributed by atoms with E-state index in [1.807, 2.05) is 41.3 Å². The average Bonchev–Trinajstić information content (AvgIpc) is 2.85. The second kappa shape index (κ2) is 10.8. The molecule has 0 aliphatic carbocycles. The van der Waals surface area contributed by atoms with Crippen molar-refractivity contribution in [3.63, 3.8) is 0 Å². The zero-order valence-corrected chi connectivity index (χ0v) is 19.4. The number of carbonyl (C=O) groups is 1. The van der Waals surface area contributed by atoms with E-state index >= 15 is 0 Å². The Morgan fingerprint density at radius 2 is 1.00 bits per heavy atom. The van der Waals surface area contributed by atoms with Crippen LogP contribution in [0.5, 0.6) is 0 Å². The van der Waals surface area contributed by atoms with Crippen LogP contribution in [0.1, 0.15) is 45.7 Å². The second-order valence-corrected chi connectivity index (χ2v) is 8.80. The maximum Gasteiger partial charge on any atom is 0.224 e. The van der Waals surface area contributed by atoms with Gasteiger partial charge in [0.2, 0.25) is 5.91 Å². The molecule has 0 heterocycles. The summed E-state index contributed by atoms with van der Waals surface area (Å²) in [5.74, 6) is 0.182. The molecule has 0 atom stereocenters. The Balaban J connectivity index is 1.63. The van der Waals surface area contributed by atoms with E-state index in [-0.39, 0.29) is 11.8 Å². The Bertz CT molecular complexity index is 1060. The summed E-state index contributed by atoms with van der Waals surface area (Å²) in [6.45, 7) is 5.39. The fourth-order valence-corrected chi connectivity index (χ4v) is 4.17. The molecular formula is C31H31NO. The zero-order valence-electron chi connectivity index (χ0n) is 19.4. The third-order valence-corrected chi connectivity index (χ3v) is 6.12. The van der Waals surface area contributed by atoms with Crippen molar-refractivity contribution in [3.8, 4) is 0 Å². The van der Waals surface area contributed by atoms with Crippen molar-refractivity contribution < 1.29 is 4.79 Å². The van der Waals surface area contributed by atoms with E-state index in [4.69, 9.17) is 0 Å². The Labute approximate surface area is 197 Å². The highest BCUT2D eigenvalue weighted by atomic mass is 16.2. The molecular weight excluding hydrogens is 402 g/mol. The molecule has 0 aliphatic heterocycles. The topological polar surface area (TPSA) is 20.3 Å². The van der Waals surface area contributed by atoms with Gasteiger partial charge in [-0.3, -0.25) is 4.79 Å². The lowest BCUT2D eigenvalue weighted by atomic mass is 9.87. The first kappa shape index (κ1) is 22.5. The molecule has 0 bridgehead atoms. The van der Waals surface area contributed by atoms with Crippen LogP contribution in [0.25, 0.3) is 0 Å². The third-order valence-electron chi connectivity index (χ3n) is 6.12. The van der Waals surface area contributed by atoms with Gasteiger partial charge in [-0.15, -0.1) is 0 Å². The molecule has 33 heavy (non-hydrogen) atoms. The van der Waals surface area contributed by atoms with E-state index in [9.17, 15) is 4.79 Å². The highest BCUT2D eigenvalue weighted by molar-refractivity contribution is 5.78. The summed E-state index contributed by atoms with van der Waals surface area (Å²) in [5, 5.41) is 0. The van der Waals surface area contributed by atoms with Crippen molar-refractivity contribution in [1.82, 2.24) is 4.90 Å². The first-order chi connectivity index (χ1) is 16.1. The fourth-order valence-electron chi connectivity index (χ4n) is 4.17. The van der Waals surface area contributed by atoms with E-state index in [0.717, 1.165) is 11.1 Å². The van der Waals surface area contributed by atoms with E-state index < -0.39 is 0 Å². The first-order valence-corrected chi connectivity index (χ1v) is 11.6. The van der Waals surface area contributed by atoms with Crippen LogP contribution in [0, 0.1) is 13.8 Å². The van der Waals surface area contributed by atoms with Gasteiger partial charge in [0.05, 0.1) is 0 Å². The summed E-state index contributed by atoms with van der Waals surface area (Å²) in [6.07, 6.45) is 0.436. The molecule has 0 aromatic heterocycles. The van der Waals surface area contributed by atoms with Gasteiger partial charge in [-0.05, 0) is 36.1 Å². The van der Waals surface area contributed by atoms with Crippen LogP contribution < -0.4 is 0 Å². The van der Waals surface area contributed by atoms with Gasteiger partial charge in [-0.1, -0.05) is 120 Å². The molecule has 0 saturated carbocycles. The van der Waals surface area contributed by atoms with E-state index in [2.05, 4.69) is 86.6 Å². The summed E-state index contributed by atoms with van der Waals surface area (Å²) < 4.78 is 0. The number of hydrogen-bond donors (Lipinski definition) is 0. The minimum atomic E-state index is 0.0211. The summed E-state index contributed by atoms with van der Waals surface area (Å²) >= 11 is 0. The molecule has 4 aromatic rings. The summed E-state index contributed by atoms with van der Waals surface area (Å²) in [6, 6.07) is 37.6. The number of amides is 1. The largest absolute Gasteiger partial charge is 0.334 e. The maximum atomic E-state index is 13.8. The van der Waals surface area contributed by atoms with Gasteiger partial charge in [-0.25, -0.2) is 0 Å². The van der Waals surface area contributed by atoms with Gasteiger partial charge in [0.1, 0.15) is 0 Å². The number of rotatable bonds is 8. The molecule has 0 radical (unpaired) electrons. The van der Waals surface area contributed by atoms with Crippen LogP contribution in [-0.2, 0) is 17.9 Å². The van der Waals surface area contributed by atoms with Gasteiger partial charge < -0.3 is 4.90 Å². The van der Waals surface area contributed by atoms with Crippen molar-refractivity contribution in [2.24, 2.45) is 0 Å². The van der Waals surface area contributed by atoms with E-state index in [1.54, 1.807) is 0 Å². The molecule has 2 nitrogen and oxygen atoms in total. The summed E-state index contributed by atoms with van der Waals surface area (Å²) in [5.41, 5.74) is 7.09. The molecule has 166 valence electrons. The van der Waals surface area contributed by atoms with Gasteiger partial charge >= 0.3 is 0 Å². The summed E-state index contributed by atoms with van der Waals surface area (Å²) in [7, 11) is 0. The predicted molar refractivity (Wildman–Crippen MR) is 136 cm³/mol. The van der Waals surface area contributed by atoms with Crippen LogP contribution in [0.2, 0.25) is 0 Å². The maximum absolute atomic E-state index is 13.8. The Morgan fingerprint density at radius 1 is 0.606 bits per heavy atom. The minimum Gasteiger partial charge on any atom is -0.334 e. The van der Waals surface area contributed by atoms with Crippen molar-refractivity contribution in [2.75, 3.05) is 0 Å². The standard InChI is InChI=1S/C31H31NO/c1-24-13-17-28(18-14-24)30(29-19-15-25(2)16-20-29)21-31(33)32(22-26-9-5-3-6-10-26)23-27-11-7-4-8-12-27/h3-20,30H,21-23H2,1-2H3. The number of hydrogen-bond acceptors (Lipinski definition) is 1. The van der Waals surface area contributed by atoms with E-state index in [1.165, 1.54) is 22.3 Å². The van der Waals surface area contributed by atoms with Crippen LogP contribution in [0.3, 0.4) is 0 Å². The molecule has 1 amide bonds. The molecule has 4 aromatic carbocycles. The molecule has 0 spiro atoms. The quantitative estimate of drug-likeness (QED) is 0.291. The molecule has 0 fully saturated rings. The Hall–Kier alpha value is -3.65. The van der Waals surface area contributed by atoms with Crippen molar-refractivity contribution in [3.05, 3.63) is 143 Å². The van der Waals surface area contributed by atoms with Crippen LogP contribution in [0.4, 0.5) is 0 Å². The normalized spacial score (nSPS) is 10.9. The van der Waals surface area contributed by atoms with Gasteiger partial charge in [-0.2, -0.15) is 0 Å². The highest BCUT2D eigenvalue weighted by Gasteiger charge is 2.23. The SMILES string of the molecule is Cc1ccc(C(CC(=O)N(Cc2ccccc2)Cc2ccccc2)c2ccc(C)cc2)cc1. The van der Waals surface area contributed by atoms with Crippen molar-refractivity contribution >= 4 is 5.91 Å². The molecule has 0 unspecified atom stereocenters. The molecule has 0 N–H and O–H groups in total. The van der Waals surface area contributed by atoms with Crippen molar-refractivity contribution in [2.45, 2.75) is 39.3 Å². The lowest BCUT2D eigenvalue weighted by Crippen LogP contribution is -2.31. The van der Waals surface area contributed by atoms with Crippen LogP contribution in [-0.4, -0.2) is 10.8 Å². The van der Waals surface area contributed by atoms with E-state index in [0.29, 0.717) is 19.5 Å².